The zero-order valence-corrected chi connectivity index (χ0v) is 17.9. The standard InChI is InChI=1S/C23H24N6O4/c24-22(30)17-5-3-12-27(15-17)14-16-4-1-2-6-20(16)25-23(31)21-11-13-28(26-21)18-7-9-19(10-8-18)29(32)33/h1-2,4,6-11,13,17H,3,5,12,14-15H2,(H2,24,30)(H,25,31). The number of carbonyl (C=O) groups excluding carboxylic acids is 2. The van der Waals surface area contributed by atoms with Gasteiger partial charge in [-0.05, 0) is 49.2 Å². The number of nitrogens with one attached hydrogen (secondary N) is 1. The molecular formula is C23H24N6O4. The number of nitrogens with two attached hydrogens (primary N) is 1. The molecule has 0 bridgehead atoms. The molecule has 3 N–H and O–H groups in total. The predicted molar refractivity (Wildman–Crippen MR) is 122 cm³/mol. The number of rotatable bonds is 7. The quantitative estimate of drug-likeness (QED) is 0.421. The van der Waals surface area contributed by atoms with Crippen LogP contribution in [0.5, 0.6) is 0 Å². The summed E-state index contributed by atoms with van der Waals surface area (Å²) in [5, 5.41) is 18.0. The van der Waals surface area contributed by atoms with Gasteiger partial charge in [-0.2, -0.15) is 5.10 Å². The summed E-state index contributed by atoms with van der Waals surface area (Å²) in [4.78, 5) is 36.9. The summed E-state index contributed by atoms with van der Waals surface area (Å²) in [5.41, 5.74) is 7.90. The lowest BCUT2D eigenvalue weighted by Crippen LogP contribution is -2.40. The Morgan fingerprint density at radius 2 is 1.91 bits per heavy atom. The molecule has 1 saturated heterocycles. The number of hydrogen-bond donors (Lipinski definition) is 2. The van der Waals surface area contributed by atoms with Crippen LogP contribution in [0.1, 0.15) is 28.9 Å². The molecule has 0 spiro atoms. The summed E-state index contributed by atoms with van der Waals surface area (Å²) in [6.45, 7) is 2.07. The third kappa shape index (κ3) is 5.24. The van der Waals surface area contributed by atoms with E-state index >= 15 is 0 Å². The molecule has 0 saturated carbocycles. The summed E-state index contributed by atoms with van der Waals surface area (Å²) in [6, 6.07) is 15.0. The molecule has 10 nitrogen and oxygen atoms in total. The van der Waals surface area contributed by atoms with Crippen LogP contribution >= 0.6 is 0 Å². The number of piperidine rings is 1. The maximum Gasteiger partial charge on any atom is 0.276 e. The van der Waals surface area contributed by atoms with E-state index in [1.54, 1.807) is 24.4 Å². The fraction of sp³-hybridized carbons (Fsp3) is 0.261. The molecule has 2 heterocycles. The van der Waals surface area contributed by atoms with E-state index in [9.17, 15) is 19.7 Å². The molecular weight excluding hydrogens is 424 g/mol. The molecule has 170 valence electrons. The molecule has 1 fully saturated rings. The number of likely N-dealkylation sites (tertiary alicyclic amines) is 1. The van der Waals surface area contributed by atoms with Gasteiger partial charge in [0.1, 0.15) is 0 Å². The van der Waals surface area contributed by atoms with Crippen molar-refractivity contribution in [3.63, 3.8) is 0 Å². The molecule has 1 aliphatic rings. The maximum atomic E-state index is 12.8. The molecule has 1 unspecified atom stereocenters. The van der Waals surface area contributed by atoms with E-state index in [4.69, 9.17) is 5.73 Å². The summed E-state index contributed by atoms with van der Waals surface area (Å²) < 4.78 is 1.49. The first-order valence-corrected chi connectivity index (χ1v) is 10.6. The first-order chi connectivity index (χ1) is 15.9. The normalized spacial score (nSPS) is 16.3. The van der Waals surface area contributed by atoms with Crippen LogP contribution in [-0.2, 0) is 11.3 Å². The van der Waals surface area contributed by atoms with Gasteiger partial charge in [0, 0.05) is 37.1 Å². The van der Waals surface area contributed by atoms with E-state index < -0.39 is 4.92 Å². The van der Waals surface area contributed by atoms with Crippen molar-refractivity contribution in [1.29, 1.82) is 0 Å². The number of anilines is 1. The van der Waals surface area contributed by atoms with Gasteiger partial charge in [-0.3, -0.25) is 24.6 Å². The molecule has 2 amide bonds. The van der Waals surface area contributed by atoms with Gasteiger partial charge < -0.3 is 11.1 Å². The molecule has 33 heavy (non-hydrogen) atoms. The Bertz CT molecular complexity index is 1170. The van der Waals surface area contributed by atoms with Gasteiger partial charge >= 0.3 is 0 Å². The topological polar surface area (TPSA) is 136 Å². The molecule has 10 heteroatoms. The Hall–Kier alpha value is -4.05. The number of nitrogens with zero attached hydrogens (tertiary/aromatic N) is 4. The highest BCUT2D eigenvalue weighted by Crippen LogP contribution is 2.23. The highest BCUT2D eigenvalue weighted by molar-refractivity contribution is 6.03. The molecule has 4 rings (SSSR count). The van der Waals surface area contributed by atoms with Crippen LogP contribution in [-0.4, -0.2) is 44.5 Å². The third-order valence-corrected chi connectivity index (χ3v) is 5.71. The number of nitro benzene ring substituents is 1. The van der Waals surface area contributed by atoms with Crippen LogP contribution in [0.2, 0.25) is 0 Å². The number of carbonyl (C=O) groups is 2. The van der Waals surface area contributed by atoms with Crippen LogP contribution in [0.3, 0.4) is 0 Å². The van der Waals surface area contributed by atoms with Crippen molar-refractivity contribution < 1.29 is 14.5 Å². The van der Waals surface area contributed by atoms with Crippen LogP contribution in [0.15, 0.2) is 60.8 Å². The second kappa shape index (κ2) is 9.61. The molecule has 3 aromatic rings. The number of para-hydroxylation sites is 1. The fourth-order valence-electron chi connectivity index (χ4n) is 3.95. The maximum absolute atomic E-state index is 12.8. The summed E-state index contributed by atoms with van der Waals surface area (Å²) in [6.07, 6.45) is 3.34. The Morgan fingerprint density at radius 1 is 1.15 bits per heavy atom. The van der Waals surface area contributed by atoms with Crippen LogP contribution in [0, 0.1) is 16.0 Å². The molecule has 2 aromatic carbocycles. The number of hydrogen-bond acceptors (Lipinski definition) is 6. The molecule has 1 aliphatic heterocycles. The van der Waals surface area contributed by atoms with Crippen molar-refractivity contribution in [2.75, 3.05) is 18.4 Å². The second-order valence-corrected chi connectivity index (χ2v) is 8.01. The summed E-state index contributed by atoms with van der Waals surface area (Å²) in [5.74, 6) is -0.787. The predicted octanol–water partition coefficient (Wildman–Crippen LogP) is 2.73. The van der Waals surface area contributed by atoms with Gasteiger partial charge in [-0.15, -0.1) is 0 Å². The highest BCUT2D eigenvalue weighted by atomic mass is 16.6. The minimum absolute atomic E-state index is 0.0173. The number of primary amides is 1. The van der Waals surface area contributed by atoms with Gasteiger partial charge in [0.2, 0.25) is 5.91 Å². The lowest BCUT2D eigenvalue weighted by molar-refractivity contribution is -0.384. The third-order valence-electron chi connectivity index (χ3n) is 5.71. The number of benzene rings is 2. The van der Waals surface area contributed by atoms with Gasteiger partial charge in [-0.25, -0.2) is 4.68 Å². The summed E-state index contributed by atoms with van der Waals surface area (Å²) >= 11 is 0. The van der Waals surface area contributed by atoms with E-state index in [-0.39, 0.29) is 29.1 Å². The Morgan fingerprint density at radius 3 is 2.64 bits per heavy atom. The van der Waals surface area contributed by atoms with Crippen molar-refractivity contribution in [1.82, 2.24) is 14.7 Å². The average Bonchev–Trinajstić information content (AvgIpc) is 3.31. The van der Waals surface area contributed by atoms with E-state index in [0.717, 1.165) is 24.9 Å². The molecule has 1 atom stereocenters. The number of non-ortho nitro benzene ring substituents is 1. The van der Waals surface area contributed by atoms with Gasteiger partial charge in [0.25, 0.3) is 11.6 Å². The lowest BCUT2D eigenvalue weighted by atomic mass is 9.97. The van der Waals surface area contributed by atoms with Crippen molar-refractivity contribution in [3.8, 4) is 5.69 Å². The first-order valence-electron chi connectivity index (χ1n) is 10.6. The van der Waals surface area contributed by atoms with Crippen molar-refractivity contribution >= 4 is 23.2 Å². The van der Waals surface area contributed by atoms with Gasteiger partial charge in [-0.1, -0.05) is 18.2 Å². The zero-order chi connectivity index (χ0) is 23.4. The van der Waals surface area contributed by atoms with Crippen molar-refractivity contribution in [2.24, 2.45) is 11.7 Å². The number of aromatic nitrogens is 2. The van der Waals surface area contributed by atoms with Crippen molar-refractivity contribution in [3.05, 3.63) is 82.2 Å². The van der Waals surface area contributed by atoms with E-state index in [0.29, 0.717) is 24.5 Å². The van der Waals surface area contributed by atoms with Crippen LogP contribution in [0.4, 0.5) is 11.4 Å². The van der Waals surface area contributed by atoms with Crippen LogP contribution in [0.25, 0.3) is 5.69 Å². The average molecular weight is 448 g/mol. The van der Waals surface area contributed by atoms with Gasteiger partial charge in [0.15, 0.2) is 5.69 Å². The first kappa shape index (κ1) is 22.2. The van der Waals surface area contributed by atoms with E-state index in [1.165, 1.54) is 16.8 Å². The van der Waals surface area contributed by atoms with E-state index in [2.05, 4.69) is 15.3 Å². The Balaban J connectivity index is 1.45. The SMILES string of the molecule is NC(=O)C1CCCN(Cc2ccccc2NC(=O)c2ccn(-c3ccc([N+](=O)[O-])cc3)n2)C1. The largest absolute Gasteiger partial charge is 0.369 e. The second-order valence-electron chi connectivity index (χ2n) is 8.01. The van der Waals surface area contributed by atoms with Gasteiger partial charge in [0.05, 0.1) is 16.5 Å². The molecule has 0 aliphatic carbocycles. The molecule has 0 radical (unpaired) electrons. The highest BCUT2D eigenvalue weighted by Gasteiger charge is 2.24. The summed E-state index contributed by atoms with van der Waals surface area (Å²) in [7, 11) is 0. The fourth-order valence-corrected chi connectivity index (χ4v) is 3.95. The Kier molecular flexibility index (Phi) is 6.45. The van der Waals surface area contributed by atoms with Crippen LogP contribution < -0.4 is 11.1 Å². The van der Waals surface area contributed by atoms with E-state index in [1.807, 2.05) is 24.3 Å². The Labute approximate surface area is 190 Å². The zero-order valence-electron chi connectivity index (χ0n) is 17.9. The minimum Gasteiger partial charge on any atom is -0.369 e. The number of nitro groups is 1. The van der Waals surface area contributed by atoms with Crippen molar-refractivity contribution in [2.45, 2.75) is 19.4 Å². The number of amides is 2. The lowest BCUT2D eigenvalue weighted by Gasteiger charge is -2.31. The minimum atomic E-state index is -0.471. The monoisotopic (exact) mass is 448 g/mol. The smallest absolute Gasteiger partial charge is 0.276 e. The molecule has 1 aromatic heterocycles.